The zero-order valence-electron chi connectivity index (χ0n) is 10.8. The van der Waals surface area contributed by atoms with Crippen LogP contribution >= 0.6 is 0 Å². The summed E-state index contributed by atoms with van der Waals surface area (Å²) < 4.78 is 26.1. The summed E-state index contributed by atoms with van der Waals surface area (Å²) in [6, 6.07) is -0.186. The smallest absolute Gasteiger partial charge is 0.222 e. The lowest BCUT2D eigenvalue weighted by molar-refractivity contribution is -0.127. The second-order valence-electron chi connectivity index (χ2n) is 5.49. The Hall–Kier alpha value is -0.620. The molecule has 104 valence electrons. The molecule has 0 aromatic carbocycles. The first-order valence-corrected chi connectivity index (χ1v) is 8.35. The van der Waals surface area contributed by atoms with Gasteiger partial charge < -0.3 is 5.73 Å². The summed E-state index contributed by atoms with van der Waals surface area (Å²) >= 11 is 0. The highest BCUT2D eigenvalue weighted by atomic mass is 32.2. The van der Waals surface area contributed by atoms with Crippen LogP contribution in [0.1, 0.15) is 39.0 Å². The molecule has 3 rings (SSSR count). The minimum Gasteiger partial charge on any atom is -0.369 e. The minimum absolute atomic E-state index is 0.186. The van der Waals surface area contributed by atoms with E-state index in [9.17, 15) is 13.2 Å². The van der Waals surface area contributed by atoms with Gasteiger partial charge in [0.1, 0.15) is 0 Å². The van der Waals surface area contributed by atoms with Crippen molar-refractivity contribution in [2.45, 2.75) is 45.1 Å². The first-order valence-electron chi connectivity index (χ1n) is 6.74. The van der Waals surface area contributed by atoms with Gasteiger partial charge in [0, 0.05) is 12.6 Å². The molecule has 3 aliphatic rings. The van der Waals surface area contributed by atoms with Gasteiger partial charge in [0.2, 0.25) is 15.9 Å². The largest absolute Gasteiger partial charge is 0.369 e. The van der Waals surface area contributed by atoms with Gasteiger partial charge in [-0.05, 0) is 31.6 Å². The summed E-state index contributed by atoms with van der Waals surface area (Å²) in [5.41, 5.74) is 5.40. The van der Waals surface area contributed by atoms with Crippen LogP contribution in [0.3, 0.4) is 0 Å². The highest BCUT2D eigenvalue weighted by Crippen LogP contribution is 2.40. The number of carbonyl (C=O) groups excluding carboxylic acids is 1. The second-order valence-corrected chi connectivity index (χ2v) is 7.54. The molecular formula is C12H22N2O3S. The molecule has 5 nitrogen and oxygen atoms in total. The van der Waals surface area contributed by atoms with Crippen molar-refractivity contribution in [3.63, 3.8) is 0 Å². The minimum atomic E-state index is -3.22. The quantitative estimate of drug-likeness (QED) is 0.801. The van der Waals surface area contributed by atoms with E-state index in [-0.39, 0.29) is 23.6 Å². The van der Waals surface area contributed by atoms with Gasteiger partial charge in [0.15, 0.2) is 0 Å². The van der Waals surface area contributed by atoms with Crippen molar-refractivity contribution in [2.75, 3.05) is 12.3 Å². The van der Waals surface area contributed by atoms with Crippen LogP contribution in [0.4, 0.5) is 0 Å². The molecule has 6 heteroatoms. The number of hydrogen-bond acceptors (Lipinski definition) is 3. The van der Waals surface area contributed by atoms with Crippen molar-refractivity contribution in [1.29, 1.82) is 0 Å². The zero-order valence-corrected chi connectivity index (χ0v) is 11.7. The third kappa shape index (κ3) is 2.54. The van der Waals surface area contributed by atoms with Crippen LogP contribution in [-0.4, -0.2) is 37.0 Å². The van der Waals surface area contributed by atoms with Gasteiger partial charge in [-0.1, -0.05) is 13.3 Å². The van der Waals surface area contributed by atoms with Crippen LogP contribution in [0.5, 0.6) is 0 Å². The lowest BCUT2D eigenvalue weighted by atomic mass is 9.74. The second kappa shape index (κ2) is 5.17. The Balaban J connectivity index is 2.16. The molecule has 18 heavy (non-hydrogen) atoms. The van der Waals surface area contributed by atoms with Gasteiger partial charge in [-0.3, -0.25) is 4.79 Å². The Labute approximate surface area is 109 Å². The molecule has 2 heterocycles. The number of amides is 1. The fourth-order valence-electron chi connectivity index (χ4n) is 3.21. The number of hydrogen-bond donors (Lipinski definition) is 1. The number of fused-ring (bicyclic) bond motifs is 3. The van der Waals surface area contributed by atoms with Gasteiger partial charge in [-0.15, -0.1) is 0 Å². The number of carbonyl (C=O) groups is 1. The van der Waals surface area contributed by atoms with Crippen LogP contribution in [0.25, 0.3) is 0 Å². The summed E-state index contributed by atoms with van der Waals surface area (Å²) in [4.78, 5) is 11.4. The van der Waals surface area contributed by atoms with Crippen LogP contribution in [0.2, 0.25) is 0 Å². The number of nitrogens with zero attached hydrogens (tertiary/aromatic N) is 1. The van der Waals surface area contributed by atoms with E-state index in [1.165, 1.54) is 0 Å². The molecule has 2 saturated heterocycles. The van der Waals surface area contributed by atoms with Crippen molar-refractivity contribution >= 4 is 15.9 Å². The maximum Gasteiger partial charge on any atom is 0.222 e. The standard InChI is InChI=1S/C12H22N2O3S/c1-2-3-6-18(16,17)14-8-9-4-5-11(14)10(7-9)12(13)15/h9-11H,2-8H2,1H3,(H2,13,15)/t9-,10+,11+/m0/s1. The highest BCUT2D eigenvalue weighted by Gasteiger charge is 2.47. The van der Waals surface area contributed by atoms with Crippen LogP contribution in [0, 0.1) is 11.8 Å². The van der Waals surface area contributed by atoms with Gasteiger partial charge >= 0.3 is 0 Å². The Morgan fingerprint density at radius 1 is 1.39 bits per heavy atom. The molecule has 3 atom stereocenters. The van der Waals surface area contributed by atoms with Gasteiger partial charge in [0.25, 0.3) is 0 Å². The van der Waals surface area contributed by atoms with E-state index in [0.29, 0.717) is 18.9 Å². The monoisotopic (exact) mass is 274 g/mol. The molecule has 0 spiro atoms. The van der Waals surface area contributed by atoms with E-state index in [1.807, 2.05) is 6.92 Å². The van der Waals surface area contributed by atoms with Crippen molar-refractivity contribution in [1.82, 2.24) is 4.31 Å². The Morgan fingerprint density at radius 2 is 2.11 bits per heavy atom. The molecule has 0 aromatic rings. The summed E-state index contributed by atoms with van der Waals surface area (Å²) in [5, 5.41) is 0. The number of primary amides is 1. The maximum atomic E-state index is 12.3. The predicted molar refractivity (Wildman–Crippen MR) is 69.2 cm³/mol. The number of rotatable bonds is 5. The maximum absolute atomic E-state index is 12.3. The fraction of sp³-hybridized carbons (Fsp3) is 0.917. The van der Waals surface area contributed by atoms with Crippen LogP contribution < -0.4 is 5.73 Å². The normalized spacial score (nSPS) is 32.6. The summed E-state index contributed by atoms with van der Waals surface area (Å²) in [6.45, 7) is 2.56. The van der Waals surface area contributed by atoms with Gasteiger partial charge in [0.05, 0.1) is 11.7 Å². The summed E-state index contributed by atoms with van der Waals surface area (Å²) in [7, 11) is -3.22. The average Bonchev–Trinajstić information content (AvgIpc) is 2.36. The van der Waals surface area contributed by atoms with Gasteiger partial charge in [-0.2, -0.15) is 4.31 Å². The summed E-state index contributed by atoms with van der Waals surface area (Å²) in [6.07, 6.45) is 4.11. The van der Waals surface area contributed by atoms with Crippen LogP contribution in [-0.2, 0) is 14.8 Å². The first kappa shape index (κ1) is 13.8. The number of unbranched alkanes of at least 4 members (excludes halogenated alkanes) is 1. The van der Waals surface area contributed by atoms with Crippen molar-refractivity contribution in [2.24, 2.45) is 17.6 Å². The molecule has 0 unspecified atom stereocenters. The lowest BCUT2D eigenvalue weighted by Gasteiger charge is -2.47. The summed E-state index contributed by atoms with van der Waals surface area (Å²) in [5.74, 6) is -0.129. The van der Waals surface area contributed by atoms with Crippen molar-refractivity contribution in [3.8, 4) is 0 Å². The molecule has 0 radical (unpaired) electrons. The van der Waals surface area contributed by atoms with E-state index in [0.717, 1.165) is 25.7 Å². The topological polar surface area (TPSA) is 80.5 Å². The molecule has 1 aliphatic carbocycles. The van der Waals surface area contributed by atoms with Crippen molar-refractivity contribution in [3.05, 3.63) is 0 Å². The molecule has 1 amide bonds. The number of sulfonamides is 1. The SMILES string of the molecule is CCCCS(=O)(=O)N1C[C@H]2CC[C@@H]1[C@H](C(N)=O)C2. The zero-order chi connectivity index (χ0) is 13.3. The van der Waals surface area contributed by atoms with E-state index in [2.05, 4.69) is 0 Å². The average molecular weight is 274 g/mol. The third-order valence-corrected chi connectivity index (χ3v) is 6.15. The van der Waals surface area contributed by atoms with E-state index in [4.69, 9.17) is 5.73 Å². The van der Waals surface area contributed by atoms with E-state index < -0.39 is 10.0 Å². The molecule has 2 bridgehead atoms. The van der Waals surface area contributed by atoms with E-state index in [1.54, 1.807) is 4.31 Å². The first-order chi connectivity index (χ1) is 8.45. The van der Waals surface area contributed by atoms with Gasteiger partial charge in [-0.25, -0.2) is 8.42 Å². The molecule has 1 saturated carbocycles. The molecule has 3 fully saturated rings. The predicted octanol–water partition coefficient (Wildman–Crippen LogP) is 0.702. The van der Waals surface area contributed by atoms with E-state index >= 15 is 0 Å². The molecule has 2 N–H and O–H groups in total. The molecular weight excluding hydrogens is 252 g/mol. The number of piperidine rings is 2. The molecule has 0 aromatic heterocycles. The van der Waals surface area contributed by atoms with Crippen LogP contribution in [0.15, 0.2) is 0 Å². The third-order valence-electron chi connectivity index (χ3n) is 4.21. The Kier molecular flexibility index (Phi) is 3.96. The molecule has 2 aliphatic heterocycles. The fourth-order valence-corrected chi connectivity index (χ4v) is 5.20. The highest BCUT2D eigenvalue weighted by molar-refractivity contribution is 7.89. The Bertz CT molecular complexity index is 421. The lowest BCUT2D eigenvalue weighted by Crippen LogP contribution is -2.58. The Morgan fingerprint density at radius 3 is 2.67 bits per heavy atom. The number of nitrogens with two attached hydrogens (primary N) is 1. The van der Waals surface area contributed by atoms with Crippen molar-refractivity contribution < 1.29 is 13.2 Å².